The summed E-state index contributed by atoms with van der Waals surface area (Å²) >= 11 is 1.80. The highest BCUT2D eigenvalue weighted by molar-refractivity contribution is 7.99. The van der Waals surface area contributed by atoms with Crippen LogP contribution < -0.4 is 5.32 Å². The molecule has 0 radical (unpaired) electrons. The molecular formula is C9H16N2O4S. The molecule has 2 atom stereocenters. The van der Waals surface area contributed by atoms with Crippen LogP contribution in [0.3, 0.4) is 0 Å². The lowest BCUT2D eigenvalue weighted by Crippen LogP contribution is -2.48. The molecule has 16 heavy (non-hydrogen) atoms. The Bertz CT molecular complexity index is 274. The van der Waals surface area contributed by atoms with Crippen LogP contribution in [0.15, 0.2) is 0 Å². The summed E-state index contributed by atoms with van der Waals surface area (Å²) in [6.45, 7) is 3.09. The van der Waals surface area contributed by atoms with Gasteiger partial charge >= 0.3 is 12.0 Å². The number of amides is 2. The predicted molar refractivity (Wildman–Crippen MR) is 60.5 cm³/mol. The molecule has 2 unspecified atom stereocenters. The van der Waals surface area contributed by atoms with E-state index in [-0.39, 0.29) is 12.6 Å². The van der Waals surface area contributed by atoms with E-state index >= 15 is 0 Å². The number of carbonyl (C=O) groups is 2. The van der Waals surface area contributed by atoms with Crippen LogP contribution in [0, 0.1) is 0 Å². The van der Waals surface area contributed by atoms with Gasteiger partial charge in [-0.1, -0.05) is 6.92 Å². The van der Waals surface area contributed by atoms with Crippen molar-refractivity contribution in [3.8, 4) is 0 Å². The number of aliphatic hydroxyl groups excluding tert-OH is 1. The van der Waals surface area contributed by atoms with E-state index in [9.17, 15) is 9.59 Å². The maximum Gasteiger partial charge on any atom is 0.334 e. The van der Waals surface area contributed by atoms with Gasteiger partial charge in [-0.25, -0.2) is 9.59 Å². The van der Waals surface area contributed by atoms with E-state index in [1.54, 1.807) is 16.7 Å². The molecule has 0 saturated carbocycles. The molecule has 1 aliphatic rings. The summed E-state index contributed by atoms with van der Waals surface area (Å²) in [4.78, 5) is 23.5. The third-order valence-electron chi connectivity index (χ3n) is 2.26. The molecule has 1 rings (SSSR count). The zero-order valence-corrected chi connectivity index (χ0v) is 9.87. The fourth-order valence-electron chi connectivity index (χ4n) is 1.39. The molecule has 0 spiro atoms. The number of carboxylic acid groups (broad SMARTS) is 1. The van der Waals surface area contributed by atoms with Gasteiger partial charge in [0.1, 0.15) is 0 Å². The van der Waals surface area contributed by atoms with Gasteiger partial charge in [0, 0.05) is 24.1 Å². The van der Waals surface area contributed by atoms with E-state index in [0.29, 0.717) is 18.3 Å². The lowest BCUT2D eigenvalue weighted by atomic mass is 10.3. The molecule has 0 aromatic carbocycles. The third-order valence-corrected chi connectivity index (χ3v) is 3.40. The van der Waals surface area contributed by atoms with Crippen LogP contribution in [-0.4, -0.2) is 63.9 Å². The van der Waals surface area contributed by atoms with Gasteiger partial charge in [-0.05, 0) is 0 Å². The standard InChI is InChI=1S/C9H16N2O4S/c1-6-5-11(2-3-16-6)9(15)10-4-7(12)8(13)14/h6-7,12H,2-5H2,1H3,(H,10,15)(H,13,14). The van der Waals surface area contributed by atoms with Crippen molar-refractivity contribution in [2.45, 2.75) is 18.3 Å². The van der Waals surface area contributed by atoms with Crippen molar-refractivity contribution >= 4 is 23.8 Å². The second kappa shape index (κ2) is 5.95. The van der Waals surface area contributed by atoms with E-state index in [4.69, 9.17) is 10.2 Å². The number of nitrogens with one attached hydrogen (secondary N) is 1. The highest BCUT2D eigenvalue weighted by Crippen LogP contribution is 2.17. The third kappa shape index (κ3) is 3.90. The number of rotatable bonds is 3. The van der Waals surface area contributed by atoms with Gasteiger partial charge in [-0.3, -0.25) is 0 Å². The minimum atomic E-state index is -1.54. The minimum Gasteiger partial charge on any atom is -0.479 e. The number of nitrogens with zero attached hydrogens (tertiary/aromatic N) is 1. The second-order valence-electron chi connectivity index (χ2n) is 3.67. The zero-order chi connectivity index (χ0) is 12.1. The van der Waals surface area contributed by atoms with Gasteiger partial charge in [-0.2, -0.15) is 11.8 Å². The normalized spacial score (nSPS) is 22.6. The molecule has 1 saturated heterocycles. The van der Waals surface area contributed by atoms with Crippen molar-refractivity contribution in [1.29, 1.82) is 0 Å². The Morgan fingerprint density at radius 1 is 1.62 bits per heavy atom. The lowest BCUT2D eigenvalue weighted by Gasteiger charge is -2.30. The highest BCUT2D eigenvalue weighted by atomic mass is 32.2. The largest absolute Gasteiger partial charge is 0.479 e. The molecule has 2 amide bonds. The Morgan fingerprint density at radius 3 is 2.88 bits per heavy atom. The first-order valence-corrected chi connectivity index (χ1v) is 6.11. The summed E-state index contributed by atoms with van der Waals surface area (Å²) < 4.78 is 0. The maximum absolute atomic E-state index is 11.6. The molecule has 3 N–H and O–H groups in total. The van der Waals surface area contributed by atoms with Crippen molar-refractivity contribution in [2.75, 3.05) is 25.4 Å². The van der Waals surface area contributed by atoms with Gasteiger partial charge in [-0.15, -0.1) is 0 Å². The molecule has 0 aromatic rings. The average Bonchev–Trinajstić information content (AvgIpc) is 2.25. The monoisotopic (exact) mass is 248 g/mol. The fraction of sp³-hybridized carbons (Fsp3) is 0.778. The van der Waals surface area contributed by atoms with Gasteiger partial charge < -0.3 is 20.4 Å². The van der Waals surface area contributed by atoms with Gasteiger partial charge in [0.15, 0.2) is 6.10 Å². The van der Waals surface area contributed by atoms with Crippen molar-refractivity contribution < 1.29 is 19.8 Å². The molecule has 1 fully saturated rings. The minimum absolute atomic E-state index is 0.258. The van der Waals surface area contributed by atoms with E-state index in [1.165, 1.54) is 0 Å². The summed E-state index contributed by atoms with van der Waals surface area (Å²) in [5, 5.41) is 20.2. The van der Waals surface area contributed by atoms with E-state index in [2.05, 4.69) is 5.32 Å². The summed E-state index contributed by atoms with van der Waals surface area (Å²) in [5.74, 6) is -0.446. The van der Waals surface area contributed by atoms with Crippen molar-refractivity contribution in [3.63, 3.8) is 0 Å². The maximum atomic E-state index is 11.6. The number of urea groups is 1. The van der Waals surface area contributed by atoms with Crippen LogP contribution in [0.1, 0.15) is 6.92 Å². The number of thioether (sulfide) groups is 1. The van der Waals surface area contributed by atoms with Gasteiger partial charge in [0.2, 0.25) is 0 Å². The van der Waals surface area contributed by atoms with Crippen LogP contribution in [-0.2, 0) is 4.79 Å². The summed E-state index contributed by atoms with van der Waals surface area (Å²) in [5.41, 5.74) is 0. The van der Waals surface area contributed by atoms with Gasteiger partial charge in [0.25, 0.3) is 0 Å². The van der Waals surface area contributed by atoms with Crippen molar-refractivity contribution in [2.24, 2.45) is 0 Å². The van der Waals surface area contributed by atoms with Crippen LogP contribution >= 0.6 is 11.8 Å². The summed E-state index contributed by atoms with van der Waals surface area (Å²) in [6.07, 6.45) is -1.54. The Labute approximate surface area is 98.0 Å². The first-order valence-electron chi connectivity index (χ1n) is 5.06. The Kier molecular flexibility index (Phi) is 4.88. The number of hydrogen-bond donors (Lipinski definition) is 3. The molecule has 0 aliphatic carbocycles. The Hall–Kier alpha value is -0.950. The number of aliphatic hydroxyl groups is 1. The molecule has 7 heteroatoms. The Balaban J connectivity index is 2.31. The van der Waals surface area contributed by atoms with Crippen LogP contribution in [0.2, 0.25) is 0 Å². The number of aliphatic carboxylic acids is 1. The Morgan fingerprint density at radius 2 is 2.31 bits per heavy atom. The number of hydrogen-bond acceptors (Lipinski definition) is 4. The van der Waals surface area contributed by atoms with Gasteiger partial charge in [0.05, 0.1) is 6.54 Å². The molecule has 1 aliphatic heterocycles. The molecule has 92 valence electrons. The molecule has 0 aromatic heterocycles. The zero-order valence-electron chi connectivity index (χ0n) is 9.05. The topological polar surface area (TPSA) is 89.9 Å². The molecule has 6 nitrogen and oxygen atoms in total. The lowest BCUT2D eigenvalue weighted by molar-refractivity contribution is -0.146. The highest BCUT2D eigenvalue weighted by Gasteiger charge is 2.22. The summed E-state index contributed by atoms with van der Waals surface area (Å²) in [6, 6.07) is -0.313. The molecule has 1 heterocycles. The second-order valence-corrected chi connectivity index (χ2v) is 5.21. The summed E-state index contributed by atoms with van der Waals surface area (Å²) in [7, 11) is 0. The molecule has 0 bridgehead atoms. The first kappa shape index (κ1) is 13.1. The van der Waals surface area contributed by atoms with Crippen LogP contribution in [0.4, 0.5) is 4.79 Å². The first-order chi connectivity index (χ1) is 7.50. The van der Waals surface area contributed by atoms with Crippen molar-refractivity contribution in [3.05, 3.63) is 0 Å². The smallest absolute Gasteiger partial charge is 0.334 e. The predicted octanol–water partition coefficient (Wildman–Crippen LogP) is -0.421. The van der Waals surface area contributed by atoms with Crippen molar-refractivity contribution in [1.82, 2.24) is 10.2 Å². The average molecular weight is 248 g/mol. The van der Waals surface area contributed by atoms with Crippen LogP contribution in [0.25, 0.3) is 0 Å². The van der Waals surface area contributed by atoms with E-state index < -0.39 is 12.1 Å². The molecular weight excluding hydrogens is 232 g/mol. The number of carboxylic acids is 1. The number of carbonyl (C=O) groups excluding carboxylic acids is 1. The van der Waals surface area contributed by atoms with E-state index in [1.807, 2.05) is 6.92 Å². The fourth-order valence-corrected chi connectivity index (χ4v) is 2.40. The van der Waals surface area contributed by atoms with E-state index in [0.717, 1.165) is 5.75 Å². The van der Waals surface area contributed by atoms with Crippen LogP contribution in [0.5, 0.6) is 0 Å². The quantitative estimate of drug-likeness (QED) is 0.631. The SMILES string of the molecule is CC1CN(C(=O)NCC(O)C(=O)O)CCS1.